The van der Waals surface area contributed by atoms with Crippen molar-refractivity contribution in [2.75, 3.05) is 0 Å². The highest BCUT2D eigenvalue weighted by molar-refractivity contribution is 5.95. The topological polar surface area (TPSA) is 25.8 Å². The van der Waals surface area contributed by atoms with Gasteiger partial charge < -0.3 is 0 Å². The normalized spacial score (nSPS) is 10.8. The largest absolute Gasteiger partial charge is 0.254 e. The number of aromatic nitrogens is 2. The van der Waals surface area contributed by atoms with E-state index in [4.69, 9.17) is 9.97 Å². The van der Waals surface area contributed by atoms with Gasteiger partial charge in [0.15, 0.2) is 0 Å². The van der Waals surface area contributed by atoms with Crippen LogP contribution in [0.5, 0.6) is 0 Å². The lowest BCUT2D eigenvalue weighted by Gasteiger charge is -2.17. The van der Waals surface area contributed by atoms with Gasteiger partial charge in [-0.25, -0.2) is 0 Å². The molecule has 0 unspecified atom stereocenters. The van der Waals surface area contributed by atoms with Crippen molar-refractivity contribution in [1.29, 1.82) is 0 Å². The van der Waals surface area contributed by atoms with Crippen molar-refractivity contribution in [3.05, 3.63) is 146 Å². The van der Waals surface area contributed by atoms with E-state index in [-0.39, 0.29) is 0 Å². The number of rotatable bonds is 5. The molecule has 0 N–H and O–H groups in total. The molecule has 0 aliphatic rings. The summed E-state index contributed by atoms with van der Waals surface area (Å²) in [5, 5.41) is 0. The lowest BCUT2D eigenvalue weighted by molar-refractivity contribution is 1.25. The fraction of sp³-hybridized carbons (Fsp3) is 0. The first kappa shape index (κ1) is 21.7. The molecular formula is C34H24N2. The first-order valence-electron chi connectivity index (χ1n) is 12.1. The Bertz CT molecular complexity index is 1500. The third-order valence-electron chi connectivity index (χ3n) is 6.44. The molecule has 0 saturated carbocycles. The van der Waals surface area contributed by atoms with Crippen molar-refractivity contribution in [2.45, 2.75) is 0 Å². The van der Waals surface area contributed by atoms with Gasteiger partial charge in [-0.15, -0.1) is 0 Å². The SMILES string of the molecule is c1ccc(-c2ccccc2-c2cccnc2-c2ncccc2-c2ccccc2-c2ccccc2)cc1. The number of pyridine rings is 2. The zero-order chi connectivity index (χ0) is 24.2. The Balaban J connectivity index is 1.56. The molecule has 6 aromatic rings. The molecule has 0 spiro atoms. The van der Waals surface area contributed by atoms with Crippen LogP contribution in [0.25, 0.3) is 55.9 Å². The van der Waals surface area contributed by atoms with Gasteiger partial charge in [0, 0.05) is 23.5 Å². The van der Waals surface area contributed by atoms with Crippen LogP contribution in [0.2, 0.25) is 0 Å². The van der Waals surface area contributed by atoms with Crippen LogP contribution in [0.4, 0.5) is 0 Å². The molecule has 2 aromatic heterocycles. The molecule has 2 heterocycles. The summed E-state index contributed by atoms with van der Waals surface area (Å²) in [5.74, 6) is 0. The van der Waals surface area contributed by atoms with E-state index in [1.54, 1.807) is 0 Å². The summed E-state index contributed by atoms with van der Waals surface area (Å²) in [5.41, 5.74) is 10.9. The van der Waals surface area contributed by atoms with E-state index in [0.717, 1.165) is 33.6 Å². The van der Waals surface area contributed by atoms with Crippen molar-refractivity contribution in [1.82, 2.24) is 9.97 Å². The van der Waals surface area contributed by atoms with Gasteiger partial charge in [-0.2, -0.15) is 0 Å². The van der Waals surface area contributed by atoms with Gasteiger partial charge in [0.05, 0.1) is 11.4 Å². The molecule has 0 radical (unpaired) electrons. The number of hydrogen-bond acceptors (Lipinski definition) is 2. The highest BCUT2D eigenvalue weighted by Gasteiger charge is 2.18. The molecule has 170 valence electrons. The second-order valence-corrected chi connectivity index (χ2v) is 8.62. The van der Waals surface area contributed by atoms with Crippen LogP contribution in [0.3, 0.4) is 0 Å². The Labute approximate surface area is 211 Å². The first-order chi connectivity index (χ1) is 17.9. The van der Waals surface area contributed by atoms with Crippen LogP contribution in [0.1, 0.15) is 0 Å². The molecule has 0 aliphatic heterocycles. The molecule has 0 saturated heterocycles. The van der Waals surface area contributed by atoms with Gasteiger partial charge in [0.2, 0.25) is 0 Å². The Kier molecular flexibility index (Phi) is 5.91. The standard InChI is InChI=1S/C34H24N2/c1-3-13-25(14-4-1)27-17-7-9-19-29(27)31-21-11-23-35-33(31)34-32(22-12-24-36-34)30-20-10-8-18-28(30)26-15-5-2-6-16-26/h1-24H. The molecule has 2 nitrogen and oxygen atoms in total. The van der Waals surface area contributed by atoms with E-state index in [0.29, 0.717) is 0 Å². The first-order valence-corrected chi connectivity index (χ1v) is 12.1. The zero-order valence-corrected chi connectivity index (χ0v) is 19.8. The molecule has 36 heavy (non-hydrogen) atoms. The maximum Gasteiger partial charge on any atom is 0.0970 e. The maximum atomic E-state index is 4.89. The molecule has 6 rings (SSSR count). The van der Waals surface area contributed by atoms with Crippen molar-refractivity contribution in [3.63, 3.8) is 0 Å². The average Bonchev–Trinajstić information content (AvgIpc) is 2.98. The number of nitrogens with zero attached hydrogens (tertiary/aromatic N) is 2. The van der Waals surface area contributed by atoms with Gasteiger partial charge >= 0.3 is 0 Å². The van der Waals surface area contributed by atoms with Gasteiger partial charge in [-0.3, -0.25) is 9.97 Å². The monoisotopic (exact) mass is 460 g/mol. The fourth-order valence-electron chi connectivity index (χ4n) is 4.80. The van der Waals surface area contributed by atoms with Gasteiger partial charge in [-0.1, -0.05) is 121 Å². The molecule has 2 heteroatoms. The van der Waals surface area contributed by atoms with Crippen LogP contribution < -0.4 is 0 Å². The van der Waals surface area contributed by atoms with Crippen LogP contribution in [0, 0.1) is 0 Å². The summed E-state index contributed by atoms with van der Waals surface area (Å²) in [4.78, 5) is 9.77. The molecule has 0 amide bonds. The quantitative estimate of drug-likeness (QED) is 0.257. The third kappa shape index (κ3) is 4.10. The predicted octanol–water partition coefficient (Wildman–Crippen LogP) is 8.81. The highest BCUT2D eigenvalue weighted by atomic mass is 14.8. The van der Waals surface area contributed by atoms with Gasteiger partial charge in [0.1, 0.15) is 0 Å². The Morgan fingerprint density at radius 3 is 1.03 bits per heavy atom. The van der Waals surface area contributed by atoms with E-state index in [1.165, 1.54) is 22.3 Å². The summed E-state index contributed by atoms with van der Waals surface area (Å²) in [6.45, 7) is 0. The van der Waals surface area contributed by atoms with Crippen LogP contribution in [0.15, 0.2) is 146 Å². The van der Waals surface area contributed by atoms with E-state index in [2.05, 4.69) is 109 Å². The minimum absolute atomic E-state index is 0.874. The van der Waals surface area contributed by atoms with Crippen molar-refractivity contribution < 1.29 is 0 Å². The second kappa shape index (κ2) is 9.81. The molecule has 0 bridgehead atoms. The molecule has 0 atom stereocenters. The van der Waals surface area contributed by atoms with Crippen molar-refractivity contribution in [2.24, 2.45) is 0 Å². The summed E-state index contributed by atoms with van der Waals surface area (Å²) in [7, 11) is 0. The lowest BCUT2D eigenvalue weighted by atomic mass is 9.89. The Hall–Kier alpha value is -4.82. The maximum absolute atomic E-state index is 4.89. The van der Waals surface area contributed by atoms with E-state index < -0.39 is 0 Å². The highest BCUT2D eigenvalue weighted by Crippen LogP contribution is 2.41. The van der Waals surface area contributed by atoms with E-state index in [9.17, 15) is 0 Å². The smallest absolute Gasteiger partial charge is 0.0970 e. The lowest BCUT2D eigenvalue weighted by Crippen LogP contribution is -1.96. The molecule has 4 aromatic carbocycles. The summed E-state index contributed by atoms with van der Waals surface area (Å²) in [6.07, 6.45) is 3.71. The third-order valence-corrected chi connectivity index (χ3v) is 6.44. The minimum Gasteiger partial charge on any atom is -0.254 e. The minimum atomic E-state index is 0.874. The molecular weight excluding hydrogens is 436 g/mol. The van der Waals surface area contributed by atoms with Crippen molar-refractivity contribution in [3.8, 4) is 55.9 Å². The summed E-state index contributed by atoms with van der Waals surface area (Å²) < 4.78 is 0. The molecule has 0 fully saturated rings. The Morgan fingerprint density at radius 2 is 0.611 bits per heavy atom. The molecule has 0 aliphatic carbocycles. The zero-order valence-electron chi connectivity index (χ0n) is 19.8. The Morgan fingerprint density at radius 1 is 0.278 bits per heavy atom. The van der Waals surface area contributed by atoms with Gasteiger partial charge in [-0.05, 0) is 45.5 Å². The van der Waals surface area contributed by atoms with Crippen LogP contribution in [-0.4, -0.2) is 9.97 Å². The summed E-state index contributed by atoms with van der Waals surface area (Å²) in [6, 6.07) is 46.3. The van der Waals surface area contributed by atoms with Crippen molar-refractivity contribution >= 4 is 0 Å². The van der Waals surface area contributed by atoms with Gasteiger partial charge in [0.25, 0.3) is 0 Å². The number of hydrogen-bond donors (Lipinski definition) is 0. The second-order valence-electron chi connectivity index (χ2n) is 8.62. The van der Waals surface area contributed by atoms with E-state index >= 15 is 0 Å². The predicted molar refractivity (Wildman–Crippen MR) is 149 cm³/mol. The average molecular weight is 461 g/mol. The number of benzene rings is 4. The summed E-state index contributed by atoms with van der Waals surface area (Å²) >= 11 is 0. The van der Waals surface area contributed by atoms with Crippen LogP contribution >= 0.6 is 0 Å². The fourth-order valence-corrected chi connectivity index (χ4v) is 4.80. The van der Waals surface area contributed by atoms with Crippen LogP contribution in [-0.2, 0) is 0 Å². The van der Waals surface area contributed by atoms with E-state index in [1.807, 2.05) is 36.7 Å².